The summed E-state index contributed by atoms with van der Waals surface area (Å²) in [5, 5.41) is 10.9. The molecule has 1 rings (SSSR count). The van der Waals surface area contributed by atoms with Crippen molar-refractivity contribution in [2.75, 3.05) is 33.2 Å². The first-order valence-corrected chi connectivity index (χ1v) is 3.95. The zero-order chi connectivity index (χ0) is 7.23. The van der Waals surface area contributed by atoms with Gasteiger partial charge in [-0.2, -0.15) is 0 Å². The molecule has 0 aliphatic carbocycles. The van der Waals surface area contributed by atoms with E-state index in [2.05, 4.69) is 16.0 Å². The van der Waals surface area contributed by atoms with E-state index < -0.39 is 0 Å². The van der Waals surface area contributed by atoms with Crippen molar-refractivity contribution in [1.82, 2.24) is 16.0 Å². The summed E-state index contributed by atoms with van der Waals surface area (Å²) < 4.78 is 0. The molecule has 0 amide bonds. The second kappa shape index (κ2) is 4.66. The lowest BCUT2D eigenvalue weighted by atomic mass is 10.2. The molecule has 1 heterocycles. The topological polar surface area (TPSA) is 38.2 Å². The van der Waals surface area contributed by atoms with Crippen molar-refractivity contribution >= 4 is 0 Å². The van der Waals surface area contributed by atoms with E-state index in [9.17, 15) is 0 Å². The fraction of sp³-hybridized carbons (Fsp3) is 1.00. The van der Waals surface area contributed by atoms with Gasteiger partial charge in [0, 0.05) is 25.7 Å². The van der Waals surface area contributed by atoms with Crippen LogP contribution < -0.4 is 16.0 Å². The van der Waals surface area contributed by atoms with E-state index in [1.54, 1.807) is 0 Å². The van der Waals surface area contributed by atoms with Gasteiger partial charge in [0.05, 0.1) is 0 Å². The van der Waals surface area contributed by atoms with Gasteiger partial charge in [-0.05, 0) is 20.0 Å². The molecule has 3 nitrogen and oxygen atoms in total. The van der Waals surface area contributed by atoms with E-state index >= 15 is 0 Å². The summed E-state index contributed by atoms with van der Waals surface area (Å²) in [5.74, 6) is 0. The minimum Gasteiger partial charge on any atom is -0.320 e. The predicted octanol–water partition coefficient (Wildman–Crippen LogP) is -0.828. The normalized spacial score (nSPS) is 26.7. The van der Waals surface area contributed by atoms with Crippen LogP contribution in [0.25, 0.3) is 0 Å². The number of nitrogens with zero attached hydrogens (tertiary/aromatic N) is 1. The van der Waals surface area contributed by atoms with E-state index in [0.717, 1.165) is 26.2 Å². The first-order valence-electron chi connectivity index (χ1n) is 3.95. The molecule has 0 aromatic rings. The van der Waals surface area contributed by atoms with Gasteiger partial charge in [-0.3, -0.25) is 0 Å². The molecule has 0 aromatic heterocycles. The van der Waals surface area contributed by atoms with Crippen LogP contribution in [0.3, 0.4) is 0 Å². The Bertz CT molecular complexity index is 78.9. The zero-order valence-corrected chi connectivity index (χ0v) is 6.56. The van der Waals surface area contributed by atoms with Crippen LogP contribution in [0.2, 0.25) is 0 Å². The van der Waals surface area contributed by atoms with Crippen molar-refractivity contribution in [3.63, 3.8) is 0 Å². The molecule has 1 aliphatic heterocycles. The lowest BCUT2D eigenvalue weighted by Gasteiger charge is -2.22. The van der Waals surface area contributed by atoms with Gasteiger partial charge < -0.3 is 10.6 Å². The molecule has 0 saturated carbocycles. The minimum atomic E-state index is 0.557. The molecule has 59 valence electrons. The van der Waals surface area contributed by atoms with Gasteiger partial charge in [0.1, 0.15) is 0 Å². The molecule has 1 atom stereocenters. The molecule has 0 spiro atoms. The molecular weight excluding hydrogens is 126 g/mol. The Hall–Kier alpha value is -0.120. The van der Waals surface area contributed by atoms with Crippen LogP contribution in [0.4, 0.5) is 0 Å². The van der Waals surface area contributed by atoms with Crippen molar-refractivity contribution in [1.29, 1.82) is 0 Å². The highest BCUT2D eigenvalue weighted by Crippen LogP contribution is 1.93. The summed E-state index contributed by atoms with van der Waals surface area (Å²) in [6, 6.07) is 0.557. The quantitative estimate of drug-likeness (QED) is 0.540. The van der Waals surface area contributed by atoms with Crippen molar-refractivity contribution in [2.45, 2.75) is 12.5 Å². The first kappa shape index (κ1) is 7.98. The lowest BCUT2D eigenvalue weighted by molar-refractivity contribution is 0.389. The highest BCUT2D eigenvalue weighted by molar-refractivity contribution is 4.74. The summed E-state index contributed by atoms with van der Waals surface area (Å²) in [5.41, 5.74) is 0. The fourth-order valence-electron chi connectivity index (χ4n) is 1.16. The SMILES string of the molecule is CNCCC1CNCC[N]1. The predicted molar refractivity (Wildman–Crippen MR) is 42.2 cm³/mol. The van der Waals surface area contributed by atoms with E-state index in [4.69, 9.17) is 0 Å². The van der Waals surface area contributed by atoms with Crippen LogP contribution in [-0.4, -0.2) is 39.3 Å². The summed E-state index contributed by atoms with van der Waals surface area (Å²) in [6.07, 6.45) is 1.17. The standard InChI is InChI=1S/C7H16N3/c1-8-3-2-7-6-9-4-5-10-7/h7-9H,2-6H2,1H3. The van der Waals surface area contributed by atoms with Gasteiger partial charge in [0.15, 0.2) is 0 Å². The van der Waals surface area contributed by atoms with Crippen LogP contribution in [0, 0.1) is 0 Å². The second-order valence-electron chi connectivity index (χ2n) is 2.66. The third kappa shape index (κ3) is 2.64. The molecule has 3 heteroatoms. The van der Waals surface area contributed by atoms with Crippen molar-refractivity contribution in [2.24, 2.45) is 0 Å². The van der Waals surface area contributed by atoms with E-state index in [0.29, 0.717) is 6.04 Å². The van der Waals surface area contributed by atoms with E-state index in [1.165, 1.54) is 6.42 Å². The molecule has 1 aliphatic rings. The molecule has 10 heavy (non-hydrogen) atoms. The number of rotatable bonds is 3. The third-order valence-electron chi connectivity index (χ3n) is 1.78. The maximum absolute atomic E-state index is 4.46. The van der Waals surface area contributed by atoms with Crippen LogP contribution in [0.15, 0.2) is 0 Å². The molecule has 2 N–H and O–H groups in total. The number of piperazine rings is 1. The number of nitrogens with one attached hydrogen (secondary N) is 2. The first-order chi connectivity index (χ1) is 4.93. The summed E-state index contributed by atoms with van der Waals surface area (Å²) in [4.78, 5) is 0. The Kier molecular flexibility index (Phi) is 3.72. The van der Waals surface area contributed by atoms with E-state index in [-0.39, 0.29) is 0 Å². The van der Waals surface area contributed by atoms with Crippen molar-refractivity contribution < 1.29 is 0 Å². The van der Waals surface area contributed by atoms with Gasteiger partial charge in [-0.15, -0.1) is 0 Å². The van der Waals surface area contributed by atoms with Crippen LogP contribution >= 0.6 is 0 Å². The minimum absolute atomic E-state index is 0.557. The third-order valence-corrected chi connectivity index (χ3v) is 1.78. The van der Waals surface area contributed by atoms with Crippen LogP contribution in [-0.2, 0) is 0 Å². The Morgan fingerprint density at radius 3 is 3.20 bits per heavy atom. The Morgan fingerprint density at radius 2 is 2.60 bits per heavy atom. The smallest absolute Gasteiger partial charge is 0.0383 e. The van der Waals surface area contributed by atoms with Gasteiger partial charge in [-0.25, -0.2) is 5.32 Å². The Balaban J connectivity index is 2.02. The second-order valence-corrected chi connectivity index (χ2v) is 2.66. The monoisotopic (exact) mass is 142 g/mol. The molecule has 1 saturated heterocycles. The molecule has 0 aromatic carbocycles. The highest BCUT2D eigenvalue weighted by Gasteiger charge is 2.11. The molecule has 0 bridgehead atoms. The van der Waals surface area contributed by atoms with Crippen molar-refractivity contribution in [3.8, 4) is 0 Å². The summed E-state index contributed by atoms with van der Waals surface area (Å²) in [6.45, 7) is 4.21. The van der Waals surface area contributed by atoms with Gasteiger partial charge in [-0.1, -0.05) is 0 Å². The summed E-state index contributed by atoms with van der Waals surface area (Å²) in [7, 11) is 1.98. The fourth-order valence-corrected chi connectivity index (χ4v) is 1.16. The molecule has 1 fully saturated rings. The molecule has 1 unspecified atom stereocenters. The van der Waals surface area contributed by atoms with Gasteiger partial charge in [0.2, 0.25) is 0 Å². The van der Waals surface area contributed by atoms with Gasteiger partial charge in [0.25, 0.3) is 0 Å². The maximum Gasteiger partial charge on any atom is 0.0383 e. The molecular formula is C7H16N3. The van der Waals surface area contributed by atoms with Crippen LogP contribution in [0.1, 0.15) is 6.42 Å². The average Bonchev–Trinajstić information content (AvgIpc) is 2.03. The number of hydrogen-bond donors (Lipinski definition) is 2. The van der Waals surface area contributed by atoms with Crippen molar-refractivity contribution in [3.05, 3.63) is 0 Å². The van der Waals surface area contributed by atoms with Crippen LogP contribution in [0.5, 0.6) is 0 Å². The molecule has 1 radical (unpaired) electrons. The largest absolute Gasteiger partial charge is 0.320 e. The zero-order valence-electron chi connectivity index (χ0n) is 6.56. The maximum atomic E-state index is 4.46. The lowest BCUT2D eigenvalue weighted by Crippen LogP contribution is -2.44. The number of hydrogen-bond acceptors (Lipinski definition) is 2. The summed E-state index contributed by atoms with van der Waals surface area (Å²) >= 11 is 0. The Labute approximate surface area is 62.6 Å². The van der Waals surface area contributed by atoms with Gasteiger partial charge >= 0.3 is 0 Å². The Morgan fingerprint density at radius 1 is 1.70 bits per heavy atom. The average molecular weight is 142 g/mol. The highest BCUT2D eigenvalue weighted by atomic mass is 15.1. The van der Waals surface area contributed by atoms with E-state index in [1.807, 2.05) is 7.05 Å².